The molecule has 32 heavy (non-hydrogen) atoms. The molecule has 1 rings (SSSR count). The number of aliphatic hydroxyl groups excluding tert-OH is 1. The molecule has 1 aliphatic rings. The second kappa shape index (κ2) is 12.3. The molecule has 1 aliphatic heterocycles. The number of nitrogens with two attached hydrogens (primary N) is 1. The van der Waals surface area contributed by atoms with E-state index in [0.717, 1.165) is 4.90 Å². The van der Waals surface area contributed by atoms with Crippen molar-refractivity contribution in [2.24, 2.45) is 11.7 Å². The molecule has 5 unspecified atom stereocenters. The lowest BCUT2D eigenvalue weighted by atomic mass is 10.0. The van der Waals surface area contributed by atoms with Gasteiger partial charge < -0.3 is 36.6 Å². The molecule has 12 heteroatoms. The van der Waals surface area contributed by atoms with Gasteiger partial charge in [0.15, 0.2) is 0 Å². The third-order valence-electron chi connectivity index (χ3n) is 5.21. The maximum Gasteiger partial charge on any atom is 0.326 e. The van der Waals surface area contributed by atoms with Gasteiger partial charge in [-0.3, -0.25) is 19.2 Å². The van der Waals surface area contributed by atoms with Crippen molar-refractivity contribution in [1.82, 2.24) is 15.5 Å². The number of aliphatic hydroxyl groups is 1. The van der Waals surface area contributed by atoms with Crippen molar-refractivity contribution < 1.29 is 39.3 Å². The van der Waals surface area contributed by atoms with E-state index in [0.29, 0.717) is 6.42 Å². The number of carbonyl (C=O) groups excluding carboxylic acids is 3. The molecule has 0 aliphatic carbocycles. The number of amides is 3. The third-order valence-corrected chi connectivity index (χ3v) is 5.21. The standard InChI is InChI=1S/C20H34N4O8/c1-10(2)9-13(22-17(28)12(21)6-7-15(26)27)18(29)23-16(11(3)25)19(30)24-8-4-5-14(24)20(31)32/h10-14,16,25H,4-9,21H2,1-3H3,(H,22,28)(H,23,29)(H,26,27)(H,31,32). The number of hydrogen-bond donors (Lipinski definition) is 6. The molecule has 1 fully saturated rings. The van der Waals surface area contributed by atoms with Crippen LogP contribution in [0.5, 0.6) is 0 Å². The van der Waals surface area contributed by atoms with Gasteiger partial charge in [0.1, 0.15) is 18.1 Å². The Morgan fingerprint density at radius 2 is 1.69 bits per heavy atom. The normalized spacial score (nSPS) is 19.7. The van der Waals surface area contributed by atoms with E-state index in [-0.39, 0.29) is 38.1 Å². The van der Waals surface area contributed by atoms with Crippen LogP contribution in [0.1, 0.15) is 52.9 Å². The molecular formula is C20H34N4O8. The molecule has 5 atom stereocenters. The van der Waals surface area contributed by atoms with Crippen molar-refractivity contribution in [3.05, 3.63) is 0 Å². The van der Waals surface area contributed by atoms with Gasteiger partial charge in [-0.2, -0.15) is 0 Å². The Hall–Kier alpha value is -2.73. The molecule has 0 saturated carbocycles. The maximum absolute atomic E-state index is 12.9. The Kier molecular flexibility index (Phi) is 10.5. The number of carboxylic acids is 2. The van der Waals surface area contributed by atoms with Gasteiger partial charge in [0.05, 0.1) is 12.1 Å². The second-order valence-electron chi connectivity index (χ2n) is 8.48. The van der Waals surface area contributed by atoms with Gasteiger partial charge in [-0.1, -0.05) is 13.8 Å². The summed E-state index contributed by atoms with van der Waals surface area (Å²) >= 11 is 0. The van der Waals surface area contributed by atoms with Crippen LogP contribution in [0.3, 0.4) is 0 Å². The first kappa shape index (κ1) is 27.3. The number of aliphatic carboxylic acids is 2. The Bertz CT molecular complexity index is 712. The molecule has 0 aromatic carbocycles. The summed E-state index contributed by atoms with van der Waals surface area (Å²) < 4.78 is 0. The Morgan fingerprint density at radius 3 is 2.19 bits per heavy atom. The fourth-order valence-electron chi connectivity index (χ4n) is 3.50. The number of carboxylic acid groups (broad SMARTS) is 2. The van der Waals surface area contributed by atoms with Crippen molar-refractivity contribution >= 4 is 29.7 Å². The van der Waals surface area contributed by atoms with Crippen molar-refractivity contribution in [2.75, 3.05) is 6.54 Å². The van der Waals surface area contributed by atoms with Crippen LogP contribution < -0.4 is 16.4 Å². The molecule has 7 N–H and O–H groups in total. The maximum atomic E-state index is 12.9. The monoisotopic (exact) mass is 458 g/mol. The second-order valence-corrected chi connectivity index (χ2v) is 8.48. The average Bonchev–Trinajstić information content (AvgIpc) is 3.18. The molecule has 0 aromatic heterocycles. The third kappa shape index (κ3) is 8.08. The molecular weight excluding hydrogens is 424 g/mol. The van der Waals surface area contributed by atoms with Crippen molar-refractivity contribution in [2.45, 2.75) is 83.1 Å². The average molecular weight is 459 g/mol. The fraction of sp³-hybridized carbons (Fsp3) is 0.750. The SMILES string of the molecule is CC(C)CC(NC(=O)C(N)CCC(=O)O)C(=O)NC(C(=O)N1CCCC1C(=O)O)C(C)O. The number of rotatable bonds is 12. The van der Waals surface area contributed by atoms with Gasteiger partial charge in [-0.15, -0.1) is 0 Å². The summed E-state index contributed by atoms with van der Waals surface area (Å²) in [6.07, 6.45) is -0.766. The highest BCUT2D eigenvalue weighted by Crippen LogP contribution is 2.19. The minimum absolute atomic E-state index is 0.0306. The van der Waals surface area contributed by atoms with Crippen LogP contribution in [-0.2, 0) is 24.0 Å². The van der Waals surface area contributed by atoms with Gasteiger partial charge in [0.2, 0.25) is 17.7 Å². The molecule has 1 heterocycles. The van der Waals surface area contributed by atoms with Gasteiger partial charge in [0, 0.05) is 13.0 Å². The van der Waals surface area contributed by atoms with E-state index in [1.165, 1.54) is 6.92 Å². The molecule has 182 valence electrons. The zero-order valence-corrected chi connectivity index (χ0v) is 18.6. The van der Waals surface area contributed by atoms with Crippen molar-refractivity contribution in [1.29, 1.82) is 0 Å². The van der Waals surface area contributed by atoms with Crippen LogP contribution in [0.2, 0.25) is 0 Å². The minimum Gasteiger partial charge on any atom is -0.481 e. The topological polar surface area (TPSA) is 199 Å². The lowest BCUT2D eigenvalue weighted by Gasteiger charge is -2.30. The Labute approximate surface area is 186 Å². The van der Waals surface area contributed by atoms with E-state index >= 15 is 0 Å². The summed E-state index contributed by atoms with van der Waals surface area (Å²) in [4.78, 5) is 61.3. The minimum atomic E-state index is -1.39. The molecule has 0 bridgehead atoms. The van der Waals surface area contributed by atoms with Gasteiger partial charge in [0.25, 0.3) is 0 Å². The first-order chi connectivity index (χ1) is 14.8. The summed E-state index contributed by atoms with van der Waals surface area (Å²) in [5, 5.41) is 33.1. The van der Waals surface area contributed by atoms with Gasteiger partial charge in [-0.25, -0.2) is 4.79 Å². The summed E-state index contributed by atoms with van der Waals surface area (Å²) in [6.45, 7) is 5.12. The highest BCUT2D eigenvalue weighted by atomic mass is 16.4. The predicted octanol–water partition coefficient (Wildman–Crippen LogP) is -1.35. The molecule has 1 saturated heterocycles. The Morgan fingerprint density at radius 1 is 1.06 bits per heavy atom. The smallest absolute Gasteiger partial charge is 0.326 e. The van der Waals surface area contributed by atoms with E-state index in [2.05, 4.69) is 10.6 Å². The number of carbonyl (C=O) groups is 5. The molecule has 0 spiro atoms. The first-order valence-electron chi connectivity index (χ1n) is 10.6. The Balaban J connectivity index is 2.93. The summed E-state index contributed by atoms with van der Waals surface area (Å²) in [6, 6.07) is -4.64. The van der Waals surface area contributed by atoms with E-state index in [1.807, 2.05) is 13.8 Å². The van der Waals surface area contributed by atoms with Crippen LogP contribution in [0.4, 0.5) is 0 Å². The number of nitrogens with zero attached hydrogens (tertiary/aromatic N) is 1. The lowest BCUT2D eigenvalue weighted by molar-refractivity contribution is -0.150. The van der Waals surface area contributed by atoms with Gasteiger partial charge >= 0.3 is 11.9 Å². The highest BCUT2D eigenvalue weighted by Gasteiger charge is 2.40. The fourth-order valence-corrected chi connectivity index (χ4v) is 3.50. The van der Waals surface area contributed by atoms with Crippen LogP contribution in [0.25, 0.3) is 0 Å². The summed E-state index contributed by atoms with van der Waals surface area (Å²) in [7, 11) is 0. The number of hydrogen-bond acceptors (Lipinski definition) is 7. The number of likely N-dealkylation sites (tertiary alicyclic amines) is 1. The zero-order chi connectivity index (χ0) is 24.6. The van der Waals surface area contributed by atoms with Crippen LogP contribution >= 0.6 is 0 Å². The quantitative estimate of drug-likeness (QED) is 0.204. The van der Waals surface area contributed by atoms with Crippen LogP contribution in [0, 0.1) is 5.92 Å². The van der Waals surface area contributed by atoms with Crippen molar-refractivity contribution in [3.8, 4) is 0 Å². The summed E-state index contributed by atoms with van der Waals surface area (Å²) in [5.74, 6) is -4.46. The first-order valence-corrected chi connectivity index (χ1v) is 10.6. The van der Waals surface area contributed by atoms with Crippen LogP contribution in [-0.4, -0.2) is 86.7 Å². The molecule has 12 nitrogen and oxygen atoms in total. The molecule has 0 radical (unpaired) electrons. The van der Waals surface area contributed by atoms with E-state index < -0.39 is 59.9 Å². The lowest BCUT2D eigenvalue weighted by Crippen LogP contribution is -2.60. The number of nitrogens with one attached hydrogen (secondary N) is 2. The van der Waals surface area contributed by atoms with Crippen LogP contribution in [0.15, 0.2) is 0 Å². The molecule has 0 aromatic rings. The summed E-state index contributed by atoms with van der Waals surface area (Å²) in [5.41, 5.74) is 5.71. The van der Waals surface area contributed by atoms with Crippen molar-refractivity contribution in [3.63, 3.8) is 0 Å². The largest absolute Gasteiger partial charge is 0.481 e. The van der Waals surface area contributed by atoms with E-state index in [1.54, 1.807) is 0 Å². The van der Waals surface area contributed by atoms with E-state index in [4.69, 9.17) is 10.8 Å². The zero-order valence-electron chi connectivity index (χ0n) is 18.6. The van der Waals surface area contributed by atoms with Gasteiger partial charge in [-0.05, 0) is 38.5 Å². The van der Waals surface area contributed by atoms with E-state index in [9.17, 15) is 34.2 Å². The highest BCUT2D eigenvalue weighted by molar-refractivity contribution is 5.94. The molecule has 3 amide bonds. The predicted molar refractivity (Wildman–Crippen MR) is 112 cm³/mol.